The van der Waals surface area contributed by atoms with Crippen molar-refractivity contribution in [3.8, 4) is 0 Å². The highest BCUT2D eigenvalue weighted by Gasteiger charge is 2.24. The van der Waals surface area contributed by atoms with Crippen LogP contribution in [0.4, 0.5) is 0 Å². The molecule has 0 heterocycles. The zero-order chi connectivity index (χ0) is 12.0. The van der Waals surface area contributed by atoms with Crippen molar-refractivity contribution in [3.05, 3.63) is 0 Å². The van der Waals surface area contributed by atoms with Crippen molar-refractivity contribution < 1.29 is 14.6 Å². The second-order valence-electron chi connectivity index (χ2n) is 4.93. The summed E-state index contributed by atoms with van der Waals surface area (Å²) in [5, 5.41) is 9.97. The number of ether oxygens (including phenoxy) is 1. The van der Waals surface area contributed by atoms with Crippen molar-refractivity contribution in [2.45, 2.75) is 58.5 Å². The van der Waals surface area contributed by atoms with Crippen molar-refractivity contribution >= 4 is 5.97 Å². The van der Waals surface area contributed by atoms with Crippen LogP contribution in [0.2, 0.25) is 0 Å². The molecule has 1 aliphatic rings. The van der Waals surface area contributed by atoms with E-state index in [1.165, 1.54) is 12.8 Å². The summed E-state index contributed by atoms with van der Waals surface area (Å²) in [5.41, 5.74) is 0. The summed E-state index contributed by atoms with van der Waals surface area (Å²) in [6.45, 7) is 4.49. The van der Waals surface area contributed by atoms with E-state index in [1.807, 2.05) is 0 Å². The summed E-state index contributed by atoms with van der Waals surface area (Å²) in [6.07, 6.45) is 5.20. The predicted molar refractivity (Wildman–Crippen MR) is 63.0 cm³/mol. The molecule has 1 atom stereocenters. The molecule has 0 radical (unpaired) electrons. The van der Waals surface area contributed by atoms with Crippen LogP contribution >= 0.6 is 0 Å². The fourth-order valence-electron chi connectivity index (χ4n) is 2.41. The molecular formula is C13H24O3. The number of aliphatic hydroxyl groups excluding tert-OH is 1. The van der Waals surface area contributed by atoms with Gasteiger partial charge in [0.1, 0.15) is 0 Å². The SMILES string of the molecule is CCOC(=O)CCC(O)C1CCC(C)CC1. The second-order valence-corrected chi connectivity index (χ2v) is 4.93. The van der Waals surface area contributed by atoms with Gasteiger partial charge in [-0.3, -0.25) is 4.79 Å². The van der Waals surface area contributed by atoms with Gasteiger partial charge in [0.2, 0.25) is 0 Å². The molecule has 3 nitrogen and oxygen atoms in total. The van der Waals surface area contributed by atoms with Crippen LogP contribution in [0.3, 0.4) is 0 Å². The summed E-state index contributed by atoms with van der Waals surface area (Å²) in [7, 11) is 0. The molecular weight excluding hydrogens is 204 g/mol. The van der Waals surface area contributed by atoms with Gasteiger partial charge in [-0.1, -0.05) is 19.8 Å². The number of hydrogen-bond acceptors (Lipinski definition) is 3. The Labute approximate surface area is 98.2 Å². The Balaban J connectivity index is 2.19. The topological polar surface area (TPSA) is 46.5 Å². The van der Waals surface area contributed by atoms with Gasteiger partial charge in [0, 0.05) is 6.42 Å². The Morgan fingerprint density at radius 2 is 2.00 bits per heavy atom. The van der Waals surface area contributed by atoms with Crippen molar-refractivity contribution in [3.63, 3.8) is 0 Å². The molecule has 0 saturated heterocycles. The van der Waals surface area contributed by atoms with Crippen LogP contribution in [0.15, 0.2) is 0 Å². The van der Waals surface area contributed by atoms with E-state index in [-0.39, 0.29) is 12.1 Å². The summed E-state index contributed by atoms with van der Waals surface area (Å²) < 4.78 is 4.85. The van der Waals surface area contributed by atoms with Gasteiger partial charge < -0.3 is 9.84 Å². The minimum atomic E-state index is -0.322. The molecule has 0 aromatic heterocycles. The maximum absolute atomic E-state index is 11.1. The average molecular weight is 228 g/mol. The number of carbonyl (C=O) groups excluding carboxylic acids is 1. The molecule has 0 aliphatic heterocycles. The molecule has 1 N–H and O–H groups in total. The summed E-state index contributed by atoms with van der Waals surface area (Å²) in [4.78, 5) is 11.1. The van der Waals surface area contributed by atoms with E-state index in [0.717, 1.165) is 18.8 Å². The molecule has 0 spiro atoms. The molecule has 0 bridgehead atoms. The third kappa shape index (κ3) is 4.52. The molecule has 0 amide bonds. The monoisotopic (exact) mass is 228 g/mol. The van der Waals surface area contributed by atoms with E-state index < -0.39 is 0 Å². The summed E-state index contributed by atoms with van der Waals surface area (Å²) >= 11 is 0. The highest BCUT2D eigenvalue weighted by Crippen LogP contribution is 2.31. The summed E-state index contributed by atoms with van der Waals surface area (Å²) in [5.74, 6) is 1.00. The van der Waals surface area contributed by atoms with Gasteiger partial charge in [0.15, 0.2) is 0 Å². The largest absolute Gasteiger partial charge is 0.466 e. The Bertz CT molecular complexity index is 207. The van der Waals surface area contributed by atoms with E-state index in [1.54, 1.807) is 6.92 Å². The van der Waals surface area contributed by atoms with Crippen molar-refractivity contribution in [2.24, 2.45) is 11.8 Å². The van der Waals surface area contributed by atoms with Crippen LogP contribution in [0.25, 0.3) is 0 Å². The van der Waals surface area contributed by atoms with Gasteiger partial charge in [-0.2, -0.15) is 0 Å². The normalized spacial score (nSPS) is 27.4. The number of rotatable bonds is 5. The van der Waals surface area contributed by atoms with Gasteiger partial charge in [0.05, 0.1) is 12.7 Å². The third-order valence-electron chi connectivity index (χ3n) is 3.55. The van der Waals surface area contributed by atoms with Crippen LogP contribution in [-0.4, -0.2) is 23.8 Å². The van der Waals surface area contributed by atoms with E-state index in [0.29, 0.717) is 25.4 Å². The molecule has 1 unspecified atom stereocenters. The fraction of sp³-hybridized carbons (Fsp3) is 0.923. The smallest absolute Gasteiger partial charge is 0.305 e. The van der Waals surface area contributed by atoms with Crippen LogP contribution in [-0.2, 0) is 9.53 Å². The fourth-order valence-corrected chi connectivity index (χ4v) is 2.41. The van der Waals surface area contributed by atoms with Crippen LogP contribution in [0.1, 0.15) is 52.4 Å². The molecule has 1 aliphatic carbocycles. The van der Waals surface area contributed by atoms with Gasteiger partial charge in [-0.05, 0) is 38.0 Å². The van der Waals surface area contributed by atoms with Crippen molar-refractivity contribution in [2.75, 3.05) is 6.61 Å². The van der Waals surface area contributed by atoms with E-state index in [4.69, 9.17) is 4.74 Å². The quantitative estimate of drug-likeness (QED) is 0.735. The highest BCUT2D eigenvalue weighted by molar-refractivity contribution is 5.69. The van der Waals surface area contributed by atoms with Crippen molar-refractivity contribution in [1.29, 1.82) is 0 Å². The zero-order valence-corrected chi connectivity index (χ0v) is 10.4. The van der Waals surface area contributed by atoms with Gasteiger partial charge in [-0.15, -0.1) is 0 Å². The Kier molecular flexibility index (Phi) is 5.81. The third-order valence-corrected chi connectivity index (χ3v) is 3.55. The second kappa shape index (κ2) is 6.89. The minimum Gasteiger partial charge on any atom is -0.466 e. The molecule has 1 fully saturated rings. The minimum absolute atomic E-state index is 0.189. The standard InChI is InChI=1S/C13H24O3/c1-3-16-13(15)9-8-12(14)11-6-4-10(2)5-7-11/h10-12,14H,3-9H2,1-2H3. The van der Waals surface area contributed by atoms with Gasteiger partial charge in [-0.25, -0.2) is 0 Å². The maximum atomic E-state index is 11.1. The first-order valence-corrected chi connectivity index (χ1v) is 6.47. The Morgan fingerprint density at radius 3 is 2.56 bits per heavy atom. The van der Waals surface area contributed by atoms with E-state index in [2.05, 4.69) is 6.92 Å². The molecule has 16 heavy (non-hydrogen) atoms. The number of hydrogen-bond donors (Lipinski definition) is 1. The van der Waals surface area contributed by atoms with Crippen LogP contribution < -0.4 is 0 Å². The van der Waals surface area contributed by atoms with Gasteiger partial charge in [0.25, 0.3) is 0 Å². The lowest BCUT2D eigenvalue weighted by atomic mass is 9.79. The molecule has 3 heteroatoms. The number of esters is 1. The maximum Gasteiger partial charge on any atom is 0.305 e. The molecule has 94 valence electrons. The zero-order valence-electron chi connectivity index (χ0n) is 10.4. The lowest BCUT2D eigenvalue weighted by molar-refractivity contribution is -0.144. The molecule has 0 aromatic rings. The van der Waals surface area contributed by atoms with Crippen molar-refractivity contribution in [1.82, 2.24) is 0 Å². The lowest BCUT2D eigenvalue weighted by Gasteiger charge is -2.29. The Hall–Kier alpha value is -0.570. The number of carbonyl (C=O) groups is 1. The number of aliphatic hydroxyl groups is 1. The summed E-state index contributed by atoms with van der Waals surface area (Å²) in [6, 6.07) is 0. The molecule has 0 aromatic carbocycles. The van der Waals surface area contributed by atoms with Crippen LogP contribution in [0, 0.1) is 11.8 Å². The highest BCUT2D eigenvalue weighted by atomic mass is 16.5. The Morgan fingerprint density at radius 1 is 1.38 bits per heavy atom. The molecule has 1 saturated carbocycles. The van der Waals surface area contributed by atoms with Crippen LogP contribution in [0.5, 0.6) is 0 Å². The first-order chi connectivity index (χ1) is 7.63. The predicted octanol–water partition coefficient (Wildman–Crippen LogP) is 2.52. The lowest BCUT2D eigenvalue weighted by Crippen LogP contribution is -2.25. The first-order valence-electron chi connectivity index (χ1n) is 6.47. The van der Waals surface area contributed by atoms with E-state index in [9.17, 15) is 9.90 Å². The average Bonchev–Trinajstić information content (AvgIpc) is 2.27. The first kappa shape index (κ1) is 13.5. The molecule has 1 rings (SSSR count). The van der Waals surface area contributed by atoms with E-state index >= 15 is 0 Å². The van der Waals surface area contributed by atoms with Gasteiger partial charge >= 0.3 is 5.97 Å².